The van der Waals surface area contributed by atoms with Crippen LogP contribution in [0.3, 0.4) is 0 Å². The zero-order valence-electron chi connectivity index (χ0n) is 11.7. The summed E-state index contributed by atoms with van der Waals surface area (Å²) in [5.41, 5.74) is 0.546. The van der Waals surface area contributed by atoms with Gasteiger partial charge in [0, 0.05) is 17.2 Å². The minimum absolute atomic E-state index is 0.0966. The fourth-order valence-electron chi connectivity index (χ4n) is 1.64. The van der Waals surface area contributed by atoms with E-state index in [1.807, 2.05) is 20.8 Å². The number of anilines is 1. The van der Waals surface area contributed by atoms with Crippen LogP contribution in [0.25, 0.3) is 0 Å². The topological polar surface area (TPSA) is 74.8 Å². The SMILES string of the molecule is CC(C)(C)c1cc(NS(=O)(=O)c2cccc(Cl)c2F)n[nH]1. The van der Waals surface area contributed by atoms with Gasteiger partial charge in [0.25, 0.3) is 10.0 Å². The number of hydrogen-bond donors (Lipinski definition) is 2. The number of nitrogens with one attached hydrogen (secondary N) is 2. The van der Waals surface area contributed by atoms with E-state index in [-0.39, 0.29) is 16.3 Å². The maximum absolute atomic E-state index is 13.8. The zero-order valence-corrected chi connectivity index (χ0v) is 13.3. The molecule has 0 fully saturated rings. The number of benzene rings is 1. The molecule has 21 heavy (non-hydrogen) atoms. The van der Waals surface area contributed by atoms with Crippen molar-refractivity contribution in [2.75, 3.05) is 4.72 Å². The van der Waals surface area contributed by atoms with Gasteiger partial charge in [-0.05, 0) is 12.1 Å². The fraction of sp³-hybridized carbons (Fsp3) is 0.308. The van der Waals surface area contributed by atoms with Crippen molar-refractivity contribution in [1.29, 1.82) is 0 Å². The second kappa shape index (κ2) is 5.31. The normalized spacial score (nSPS) is 12.4. The molecule has 8 heteroatoms. The lowest BCUT2D eigenvalue weighted by atomic mass is 9.92. The first-order valence-electron chi connectivity index (χ1n) is 6.14. The number of halogens is 2. The first-order valence-corrected chi connectivity index (χ1v) is 8.00. The van der Waals surface area contributed by atoms with Gasteiger partial charge in [0.1, 0.15) is 4.90 Å². The third kappa shape index (κ3) is 3.36. The molecule has 1 heterocycles. The highest BCUT2D eigenvalue weighted by molar-refractivity contribution is 7.92. The van der Waals surface area contributed by atoms with Crippen molar-refractivity contribution in [1.82, 2.24) is 10.2 Å². The third-order valence-electron chi connectivity index (χ3n) is 2.83. The van der Waals surface area contributed by atoms with Gasteiger partial charge in [-0.3, -0.25) is 9.82 Å². The van der Waals surface area contributed by atoms with E-state index >= 15 is 0 Å². The molecule has 1 aromatic heterocycles. The summed E-state index contributed by atoms with van der Waals surface area (Å²) in [5, 5.41) is 6.37. The summed E-state index contributed by atoms with van der Waals surface area (Å²) >= 11 is 5.60. The van der Waals surface area contributed by atoms with Crippen molar-refractivity contribution in [3.05, 3.63) is 40.8 Å². The van der Waals surface area contributed by atoms with E-state index in [9.17, 15) is 12.8 Å². The number of aromatic amines is 1. The highest BCUT2D eigenvalue weighted by Gasteiger charge is 2.23. The molecule has 0 atom stereocenters. The first-order chi connectivity index (χ1) is 9.61. The Morgan fingerprint density at radius 3 is 2.57 bits per heavy atom. The van der Waals surface area contributed by atoms with Crippen LogP contribution in [-0.2, 0) is 15.4 Å². The minimum Gasteiger partial charge on any atom is -0.280 e. The Bertz CT molecular complexity index is 766. The molecule has 2 rings (SSSR count). The Kier molecular flexibility index (Phi) is 3.99. The number of aromatic nitrogens is 2. The van der Waals surface area contributed by atoms with Crippen LogP contribution in [0.2, 0.25) is 5.02 Å². The number of sulfonamides is 1. The molecule has 0 bridgehead atoms. The predicted molar refractivity (Wildman–Crippen MR) is 79.5 cm³/mol. The Morgan fingerprint density at radius 1 is 1.33 bits per heavy atom. The highest BCUT2D eigenvalue weighted by Crippen LogP contribution is 2.25. The van der Waals surface area contributed by atoms with E-state index in [0.717, 1.165) is 11.8 Å². The maximum Gasteiger partial charge on any atom is 0.266 e. The van der Waals surface area contributed by atoms with Gasteiger partial charge >= 0.3 is 0 Å². The first kappa shape index (κ1) is 15.8. The summed E-state index contributed by atoms with van der Waals surface area (Å²) in [7, 11) is -4.09. The lowest BCUT2D eigenvalue weighted by Gasteiger charge is -2.14. The quantitative estimate of drug-likeness (QED) is 0.906. The van der Waals surface area contributed by atoms with E-state index in [4.69, 9.17) is 11.6 Å². The lowest BCUT2D eigenvalue weighted by molar-refractivity contribution is 0.567. The molecule has 0 radical (unpaired) electrons. The molecule has 2 N–H and O–H groups in total. The number of rotatable bonds is 3. The van der Waals surface area contributed by atoms with Crippen molar-refractivity contribution in [2.24, 2.45) is 0 Å². The molecular weight excluding hydrogens is 317 g/mol. The van der Waals surface area contributed by atoms with Crippen LogP contribution in [-0.4, -0.2) is 18.6 Å². The monoisotopic (exact) mass is 331 g/mol. The van der Waals surface area contributed by atoms with Crippen LogP contribution in [0.15, 0.2) is 29.2 Å². The molecule has 0 saturated heterocycles. The van der Waals surface area contributed by atoms with Gasteiger partial charge in [0.2, 0.25) is 0 Å². The molecule has 0 saturated carbocycles. The molecule has 0 aliphatic rings. The van der Waals surface area contributed by atoms with Crippen LogP contribution in [0.4, 0.5) is 10.2 Å². The summed E-state index contributed by atoms with van der Waals surface area (Å²) in [5.74, 6) is -0.891. The molecule has 0 unspecified atom stereocenters. The second-order valence-corrected chi connectivity index (χ2v) is 7.63. The van der Waals surface area contributed by atoms with Crippen LogP contribution in [0.5, 0.6) is 0 Å². The average molecular weight is 332 g/mol. The molecule has 0 aliphatic carbocycles. The smallest absolute Gasteiger partial charge is 0.266 e. The van der Waals surface area contributed by atoms with E-state index in [1.165, 1.54) is 12.1 Å². The van der Waals surface area contributed by atoms with Crippen molar-refractivity contribution >= 4 is 27.4 Å². The van der Waals surface area contributed by atoms with E-state index in [1.54, 1.807) is 6.07 Å². The molecule has 5 nitrogen and oxygen atoms in total. The summed E-state index contributed by atoms with van der Waals surface area (Å²) < 4.78 is 40.4. The van der Waals surface area contributed by atoms with Crippen molar-refractivity contribution < 1.29 is 12.8 Å². The summed E-state index contributed by atoms with van der Waals surface area (Å²) in [4.78, 5) is -0.518. The standard InChI is InChI=1S/C13H15ClFN3O2S/c1-13(2,3)10-7-11(17-16-10)18-21(19,20)9-6-4-5-8(14)12(9)15/h4-7H,1-3H3,(H2,16,17,18). The fourth-order valence-corrected chi connectivity index (χ4v) is 2.97. The van der Waals surface area contributed by atoms with E-state index in [2.05, 4.69) is 14.9 Å². The predicted octanol–water partition coefficient (Wildman–Crippen LogP) is 3.30. The van der Waals surface area contributed by atoms with Gasteiger partial charge in [0.15, 0.2) is 11.6 Å². The molecule has 0 amide bonds. The number of nitrogens with zero attached hydrogens (tertiary/aromatic N) is 1. The van der Waals surface area contributed by atoms with Crippen molar-refractivity contribution in [3.63, 3.8) is 0 Å². The molecule has 1 aromatic carbocycles. The average Bonchev–Trinajstić information content (AvgIpc) is 2.80. The summed E-state index contributed by atoms with van der Waals surface area (Å²) in [6.07, 6.45) is 0. The van der Waals surface area contributed by atoms with E-state index in [0.29, 0.717) is 0 Å². The minimum atomic E-state index is -4.09. The molecular formula is C13H15ClFN3O2S. The molecule has 2 aromatic rings. The van der Waals surface area contributed by atoms with Crippen LogP contribution in [0.1, 0.15) is 26.5 Å². The Balaban J connectivity index is 2.34. The summed E-state index contributed by atoms with van der Waals surface area (Å²) in [6.45, 7) is 5.86. The van der Waals surface area contributed by atoms with Crippen LogP contribution in [0, 0.1) is 5.82 Å². The Hall–Kier alpha value is -1.60. The van der Waals surface area contributed by atoms with Crippen molar-refractivity contribution in [2.45, 2.75) is 31.1 Å². The number of hydrogen-bond acceptors (Lipinski definition) is 3. The van der Waals surface area contributed by atoms with Crippen LogP contribution < -0.4 is 4.72 Å². The Morgan fingerprint density at radius 2 is 2.00 bits per heavy atom. The van der Waals surface area contributed by atoms with Gasteiger partial charge in [0.05, 0.1) is 5.02 Å². The van der Waals surface area contributed by atoms with Gasteiger partial charge in [-0.15, -0.1) is 0 Å². The van der Waals surface area contributed by atoms with Gasteiger partial charge in [-0.25, -0.2) is 12.8 Å². The van der Waals surface area contributed by atoms with E-state index < -0.39 is 20.7 Å². The van der Waals surface area contributed by atoms with Gasteiger partial charge < -0.3 is 0 Å². The molecule has 114 valence electrons. The van der Waals surface area contributed by atoms with Crippen molar-refractivity contribution in [3.8, 4) is 0 Å². The largest absolute Gasteiger partial charge is 0.280 e. The molecule has 0 spiro atoms. The summed E-state index contributed by atoms with van der Waals surface area (Å²) in [6, 6.07) is 5.36. The molecule has 0 aliphatic heterocycles. The second-order valence-electron chi connectivity index (χ2n) is 5.57. The number of H-pyrrole nitrogens is 1. The lowest BCUT2D eigenvalue weighted by Crippen LogP contribution is -2.15. The maximum atomic E-state index is 13.8. The van der Waals surface area contributed by atoms with Gasteiger partial charge in [-0.2, -0.15) is 5.10 Å². The zero-order chi connectivity index (χ0) is 15.8. The van der Waals surface area contributed by atoms with Gasteiger partial charge in [-0.1, -0.05) is 38.4 Å². The Labute approximate surface area is 127 Å². The highest BCUT2D eigenvalue weighted by atomic mass is 35.5. The van der Waals surface area contributed by atoms with Crippen LogP contribution >= 0.6 is 11.6 Å². The third-order valence-corrected chi connectivity index (χ3v) is 4.49.